The van der Waals surface area contributed by atoms with Gasteiger partial charge in [-0.2, -0.15) is 0 Å². The van der Waals surface area contributed by atoms with Crippen LogP contribution < -0.4 is 5.56 Å². The van der Waals surface area contributed by atoms with Crippen molar-refractivity contribution in [1.29, 1.82) is 0 Å². The molecule has 0 spiro atoms. The van der Waals surface area contributed by atoms with E-state index >= 15 is 0 Å². The Morgan fingerprint density at radius 3 is 2.84 bits per heavy atom. The molecule has 0 saturated heterocycles. The SMILES string of the molecule is Cc1sc2nc(SCc3cccnc3)n(C3CCCC3)c(=O)c2c1C. The average molecular weight is 372 g/mol. The van der Waals surface area contributed by atoms with Gasteiger partial charge in [-0.25, -0.2) is 4.98 Å². The van der Waals surface area contributed by atoms with Crippen molar-refractivity contribution in [1.82, 2.24) is 14.5 Å². The van der Waals surface area contributed by atoms with Crippen LogP contribution in [0.25, 0.3) is 10.2 Å². The first-order valence-corrected chi connectivity index (χ1v) is 10.5. The Balaban J connectivity index is 1.80. The molecule has 3 aromatic rings. The van der Waals surface area contributed by atoms with Gasteiger partial charge in [-0.3, -0.25) is 14.3 Å². The Labute approximate surface area is 155 Å². The maximum atomic E-state index is 13.3. The number of thioether (sulfide) groups is 1. The summed E-state index contributed by atoms with van der Waals surface area (Å²) in [6, 6.07) is 4.30. The minimum absolute atomic E-state index is 0.146. The molecule has 1 aliphatic carbocycles. The lowest BCUT2D eigenvalue weighted by molar-refractivity contribution is 0.458. The second-order valence-electron chi connectivity index (χ2n) is 6.62. The van der Waals surface area contributed by atoms with Crippen LogP contribution >= 0.6 is 23.1 Å². The molecule has 1 fully saturated rings. The Morgan fingerprint density at radius 1 is 1.32 bits per heavy atom. The van der Waals surface area contributed by atoms with E-state index < -0.39 is 0 Å². The van der Waals surface area contributed by atoms with Crippen molar-refractivity contribution in [3.05, 3.63) is 50.9 Å². The van der Waals surface area contributed by atoms with E-state index in [2.05, 4.69) is 18.0 Å². The predicted octanol–water partition coefficient (Wildman–Crippen LogP) is 4.88. The fourth-order valence-electron chi connectivity index (χ4n) is 3.51. The molecule has 0 atom stereocenters. The van der Waals surface area contributed by atoms with E-state index in [0.717, 1.165) is 45.1 Å². The summed E-state index contributed by atoms with van der Waals surface area (Å²) in [7, 11) is 0. The lowest BCUT2D eigenvalue weighted by Gasteiger charge is -2.18. The maximum Gasteiger partial charge on any atom is 0.263 e. The van der Waals surface area contributed by atoms with Crippen LogP contribution in [-0.4, -0.2) is 14.5 Å². The van der Waals surface area contributed by atoms with Crippen molar-refractivity contribution in [3.8, 4) is 0 Å². The number of pyridine rings is 1. The molecule has 0 amide bonds. The Kier molecular flexibility index (Phi) is 4.65. The van der Waals surface area contributed by atoms with Gasteiger partial charge < -0.3 is 0 Å². The molecule has 130 valence electrons. The van der Waals surface area contributed by atoms with Gasteiger partial charge in [0.05, 0.1) is 5.39 Å². The van der Waals surface area contributed by atoms with E-state index in [4.69, 9.17) is 4.98 Å². The van der Waals surface area contributed by atoms with Gasteiger partial charge in [-0.1, -0.05) is 30.7 Å². The highest BCUT2D eigenvalue weighted by atomic mass is 32.2. The highest BCUT2D eigenvalue weighted by Gasteiger charge is 2.24. The molecule has 0 N–H and O–H groups in total. The molecule has 4 nitrogen and oxygen atoms in total. The first-order valence-electron chi connectivity index (χ1n) is 8.69. The highest BCUT2D eigenvalue weighted by molar-refractivity contribution is 7.98. The zero-order valence-electron chi connectivity index (χ0n) is 14.5. The van der Waals surface area contributed by atoms with E-state index in [-0.39, 0.29) is 5.56 Å². The molecular weight excluding hydrogens is 350 g/mol. The Morgan fingerprint density at radius 2 is 2.12 bits per heavy atom. The molecule has 3 heterocycles. The summed E-state index contributed by atoms with van der Waals surface area (Å²) in [5.41, 5.74) is 2.39. The topological polar surface area (TPSA) is 47.8 Å². The molecule has 0 unspecified atom stereocenters. The maximum absolute atomic E-state index is 13.3. The second kappa shape index (κ2) is 6.92. The zero-order valence-corrected chi connectivity index (χ0v) is 16.1. The standard InChI is InChI=1S/C19H21N3OS2/c1-12-13(2)25-17-16(12)18(23)22(15-7-3-4-8-15)19(21-17)24-11-14-6-5-9-20-10-14/h5-6,9-10,15H,3-4,7-8,11H2,1-2H3. The van der Waals surface area contributed by atoms with Crippen LogP contribution in [0, 0.1) is 13.8 Å². The normalized spacial score (nSPS) is 15.3. The number of aryl methyl sites for hydroxylation is 2. The number of hydrogen-bond donors (Lipinski definition) is 0. The van der Waals surface area contributed by atoms with Gasteiger partial charge >= 0.3 is 0 Å². The van der Waals surface area contributed by atoms with Gasteiger partial charge in [0.25, 0.3) is 5.56 Å². The van der Waals surface area contributed by atoms with Crippen LogP contribution in [0.2, 0.25) is 0 Å². The lowest BCUT2D eigenvalue weighted by atomic mass is 10.2. The van der Waals surface area contributed by atoms with Crippen LogP contribution in [0.4, 0.5) is 0 Å². The average Bonchev–Trinajstić information content (AvgIpc) is 3.23. The van der Waals surface area contributed by atoms with Crippen molar-refractivity contribution in [2.75, 3.05) is 0 Å². The fraction of sp³-hybridized carbons (Fsp3) is 0.421. The van der Waals surface area contributed by atoms with E-state index in [1.165, 1.54) is 17.7 Å². The zero-order chi connectivity index (χ0) is 17.4. The van der Waals surface area contributed by atoms with E-state index in [1.54, 1.807) is 29.3 Å². The molecule has 25 heavy (non-hydrogen) atoms. The first-order chi connectivity index (χ1) is 12.1. The van der Waals surface area contributed by atoms with Gasteiger partial charge in [0.15, 0.2) is 5.16 Å². The van der Waals surface area contributed by atoms with Crippen LogP contribution in [0.3, 0.4) is 0 Å². The van der Waals surface area contributed by atoms with Gasteiger partial charge in [-0.05, 0) is 43.9 Å². The third-order valence-electron chi connectivity index (χ3n) is 4.98. The molecular formula is C19H21N3OS2. The summed E-state index contributed by atoms with van der Waals surface area (Å²) in [6.45, 7) is 4.11. The third kappa shape index (κ3) is 3.13. The van der Waals surface area contributed by atoms with Crippen molar-refractivity contribution >= 4 is 33.3 Å². The van der Waals surface area contributed by atoms with Crippen LogP contribution in [0.15, 0.2) is 34.5 Å². The smallest absolute Gasteiger partial charge is 0.263 e. The lowest BCUT2D eigenvalue weighted by Crippen LogP contribution is -2.26. The van der Waals surface area contributed by atoms with Gasteiger partial charge in [0.1, 0.15) is 4.83 Å². The molecule has 0 aliphatic heterocycles. The van der Waals surface area contributed by atoms with E-state index in [1.807, 2.05) is 23.8 Å². The highest BCUT2D eigenvalue weighted by Crippen LogP contribution is 2.35. The van der Waals surface area contributed by atoms with Crippen LogP contribution in [0.1, 0.15) is 47.7 Å². The first kappa shape index (κ1) is 16.8. The molecule has 3 aromatic heterocycles. The third-order valence-corrected chi connectivity index (χ3v) is 7.11. The Bertz CT molecular complexity index is 956. The van der Waals surface area contributed by atoms with Crippen molar-refractivity contribution in [2.24, 2.45) is 0 Å². The molecule has 6 heteroatoms. The Hall–Kier alpha value is -1.66. The van der Waals surface area contributed by atoms with Gasteiger partial charge in [0.2, 0.25) is 0 Å². The van der Waals surface area contributed by atoms with Gasteiger partial charge in [0, 0.05) is 29.1 Å². The summed E-state index contributed by atoms with van der Waals surface area (Å²) in [5, 5.41) is 1.68. The largest absolute Gasteiger partial charge is 0.284 e. The summed E-state index contributed by atoms with van der Waals surface area (Å²) < 4.78 is 1.98. The van der Waals surface area contributed by atoms with Crippen molar-refractivity contribution in [3.63, 3.8) is 0 Å². The number of nitrogens with zero attached hydrogens (tertiary/aromatic N) is 3. The minimum Gasteiger partial charge on any atom is -0.284 e. The van der Waals surface area contributed by atoms with Crippen molar-refractivity contribution < 1.29 is 0 Å². The number of hydrogen-bond acceptors (Lipinski definition) is 5. The molecule has 0 bridgehead atoms. The minimum atomic E-state index is 0.146. The second-order valence-corrected chi connectivity index (χ2v) is 8.77. The summed E-state index contributed by atoms with van der Waals surface area (Å²) in [5.74, 6) is 0.780. The van der Waals surface area contributed by atoms with Gasteiger partial charge in [-0.15, -0.1) is 11.3 Å². The summed E-state index contributed by atoms with van der Waals surface area (Å²) in [4.78, 5) is 24.4. The fourth-order valence-corrected chi connectivity index (χ4v) is 5.58. The number of aromatic nitrogens is 3. The number of fused-ring (bicyclic) bond motifs is 1. The number of thiophene rings is 1. The van der Waals surface area contributed by atoms with Crippen molar-refractivity contribution in [2.45, 2.75) is 56.5 Å². The molecule has 0 radical (unpaired) electrons. The molecule has 0 aromatic carbocycles. The monoisotopic (exact) mass is 371 g/mol. The van der Waals surface area contributed by atoms with Crippen LogP contribution in [0.5, 0.6) is 0 Å². The summed E-state index contributed by atoms with van der Waals surface area (Å²) in [6.07, 6.45) is 8.21. The molecule has 1 saturated carbocycles. The van der Waals surface area contributed by atoms with E-state index in [0.29, 0.717) is 6.04 Å². The van der Waals surface area contributed by atoms with E-state index in [9.17, 15) is 4.79 Å². The number of rotatable bonds is 4. The van der Waals surface area contributed by atoms with Crippen LogP contribution in [-0.2, 0) is 5.75 Å². The molecule has 1 aliphatic rings. The summed E-state index contributed by atoms with van der Waals surface area (Å²) >= 11 is 3.28. The predicted molar refractivity (Wildman–Crippen MR) is 105 cm³/mol. The quantitative estimate of drug-likeness (QED) is 0.484. The molecule has 4 rings (SSSR count).